The normalized spacial score (nSPS) is 11.9. The van der Waals surface area contributed by atoms with E-state index in [0.717, 1.165) is 17.7 Å². The molecular weight excluding hydrogens is 260 g/mol. The average molecular weight is 275 g/mol. The van der Waals surface area contributed by atoms with Gasteiger partial charge >= 0.3 is 0 Å². The van der Waals surface area contributed by atoms with Crippen LogP contribution in [0.2, 0.25) is 0 Å². The highest BCUT2D eigenvalue weighted by molar-refractivity contribution is 5.95. The van der Waals surface area contributed by atoms with E-state index >= 15 is 0 Å². The van der Waals surface area contributed by atoms with Crippen molar-refractivity contribution in [3.05, 3.63) is 71.3 Å². The molecule has 1 amide bonds. The van der Waals surface area contributed by atoms with Gasteiger partial charge in [0.05, 0.1) is 6.04 Å². The van der Waals surface area contributed by atoms with E-state index in [-0.39, 0.29) is 6.04 Å². The van der Waals surface area contributed by atoms with Gasteiger partial charge in [-0.25, -0.2) is 8.78 Å². The molecule has 0 spiro atoms. The molecule has 2 rings (SSSR count). The summed E-state index contributed by atoms with van der Waals surface area (Å²) < 4.78 is 27.1. The Morgan fingerprint density at radius 3 is 2.20 bits per heavy atom. The van der Waals surface area contributed by atoms with Gasteiger partial charge in [-0.05, 0) is 24.1 Å². The van der Waals surface area contributed by atoms with Crippen LogP contribution in [0.25, 0.3) is 0 Å². The van der Waals surface area contributed by atoms with E-state index in [0.29, 0.717) is 6.42 Å². The molecule has 2 aromatic rings. The Morgan fingerprint density at radius 1 is 1.05 bits per heavy atom. The molecule has 1 atom stereocenters. The van der Waals surface area contributed by atoms with Gasteiger partial charge in [0.2, 0.25) is 0 Å². The van der Waals surface area contributed by atoms with Crippen molar-refractivity contribution >= 4 is 5.91 Å². The average Bonchev–Trinajstić information content (AvgIpc) is 2.45. The van der Waals surface area contributed by atoms with Crippen molar-refractivity contribution in [2.45, 2.75) is 19.4 Å². The first-order valence-electron chi connectivity index (χ1n) is 6.43. The van der Waals surface area contributed by atoms with Crippen molar-refractivity contribution < 1.29 is 13.6 Å². The lowest BCUT2D eigenvalue weighted by atomic mass is 10.0. The van der Waals surface area contributed by atoms with Crippen LogP contribution >= 0.6 is 0 Å². The predicted molar refractivity (Wildman–Crippen MR) is 73.3 cm³/mol. The van der Waals surface area contributed by atoms with Crippen LogP contribution in [0.15, 0.2) is 48.5 Å². The first kappa shape index (κ1) is 14.2. The summed E-state index contributed by atoms with van der Waals surface area (Å²) in [6, 6.07) is 12.4. The van der Waals surface area contributed by atoms with E-state index in [1.54, 1.807) is 0 Å². The molecule has 0 saturated heterocycles. The summed E-state index contributed by atoms with van der Waals surface area (Å²) in [7, 11) is 0. The Morgan fingerprint density at radius 2 is 1.65 bits per heavy atom. The van der Waals surface area contributed by atoms with Crippen LogP contribution in [0.1, 0.15) is 35.3 Å². The van der Waals surface area contributed by atoms with Crippen LogP contribution in [0.4, 0.5) is 8.78 Å². The second-order valence-electron chi connectivity index (χ2n) is 4.44. The van der Waals surface area contributed by atoms with Crippen molar-refractivity contribution in [2.24, 2.45) is 0 Å². The molecule has 0 radical (unpaired) electrons. The second kappa shape index (κ2) is 6.28. The van der Waals surface area contributed by atoms with Gasteiger partial charge in [0.15, 0.2) is 0 Å². The van der Waals surface area contributed by atoms with Crippen molar-refractivity contribution in [3.8, 4) is 0 Å². The second-order valence-corrected chi connectivity index (χ2v) is 4.44. The first-order chi connectivity index (χ1) is 9.63. The molecule has 2 aromatic carbocycles. The highest BCUT2D eigenvalue weighted by atomic mass is 19.1. The molecule has 2 nitrogen and oxygen atoms in total. The molecule has 0 aliphatic carbocycles. The number of benzene rings is 2. The van der Waals surface area contributed by atoms with Gasteiger partial charge in [-0.15, -0.1) is 0 Å². The van der Waals surface area contributed by atoms with E-state index in [1.165, 1.54) is 6.07 Å². The number of halogens is 2. The van der Waals surface area contributed by atoms with Gasteiger partial charge < -0.3 is 5.32 Å². The Labute approximate surface area is 116 Å². The largest absolute Gasteiger partial charge is 0.345 e. The SMILES string of the molecule is CCC(NC(=O)c1c(F)cccc1F)c1ccccc1. The summed E-state index contributed by atoms with van der Waals surface area (Å²) in [4.78, 5) is 12.0. The summed E-state index contributed by atoms with van der Waals surface area (Å²) >= 11 is 0. The van der Waals surface area contributed by atoms with Gasteiger partial charge in [-0.2, -0.15) is 0 Å². The standard InChI is InChI=1S/C16H15F2NO/c1-2-14(11-7-4-3-5-8-11)19-16(20)15-12(17)9-6-10-13(15)18/h3-10,14H,2H2,1H3,(H,19,20). The lowest BCUT2D eigenvalue weighted by Crippen LogP contribution is -2.29. The molecule has 0 bridgehead atoms. The smallest absolute Gasteiger partial charge is 0.257 e. The highest BCUT2D eigenvalue weighted by Crippen LogP contribution is 2.18. The molecule has 0 saturated carbocycles. The van der Waals surface area contributed by atoms with Gasteiger partial charge in [-0.1, -0.05) is 43.3 Å². The number of hydrogen-bond donors (Lipinski definition) is 1. The Bertz CT molecular complexity index is 578. The minimum absolute atomic E-state index is 0.275. The van der Waals surface area contributed by atoms with Gasteiger partial charge in [0.1, 0.15) is 17.2 Å². The first-order valence-corrected chi connectivity index (χ1v) is 6.43. The van der Waals surface area contributed by atoms with E-state index in [4.69, 9.17) is 0 Å². The van der Waals surface area contributed by atoms with Gasteiger partial charge in [0.25, 0.3) is 5.91 Å². The third-order valence-corrected chi connectivity index (χ3v) is 3.11. The number of carbonyl (C=O) groups is 1. The fourth-order valence-electron chi connectivity index (χ4n) is 2.05. The van der Waals surface area contributed by atoms with Crippen LogP contribution in [0.5, 0.6) is 0 Å². The number of carbonyl (C=O) groups excluding carboxylic acids is 1. The number of nitrogens with one attached hydrogen (secondary N) is 1. The predicted octanol–water partition coefficient (Wildman–Crippen LogP) is 3.85. The molecule has 4 heteroatoms. The minimum atomic E-state index is -0.856. The molecule has 0 fully saturated rings. The number of amides is 1. The zero-order chi connectivity index (χ0) is 14.5. The summed E-state index contributed by atoms with van der Waals surface area (Å²) in [6.07, 6.45) is 0.631. The van der Waals surface area contributed by atoms with E-state index in [1.807, 2.05) is 37.3 Å². The molecule has 1 unspecified atom stereocenters. The summed E-state index contributed by atoms with van der Waals surface area (Å²) in [5, 5.41) is 2.66. The number of rotatable bonds is 4. The third-order valence-electron chi connectivity index (χ3n) is 3.11. The minimum Gasteiger partial charge on any atom is -0.345 e. The molecular formula is C16H15F2NO. The zero-order valence-electron chi connectivity index (χ0n) is 11.1. The molecule has 0 aromatic heterocycles. The monoisotopic (exact) mass is 275 g/mol. The summed E-state index contributed by atoms with van der Waals surface area (Å²) in [6.45, 7) is 1.90. The molecule has 0 aliphatic rings. The summed E-state index contributed by atoms with van der Waals surface area (Å²) in [5.74, 6) is -2.45. The molecule has 0 heterocycles. The number of hydrogen-bond acceptors (Lipinski definition) is 1. The molecule has 0 aliphatic heterocycles. The molecule has 20 heavy (non-hydrogen) atoms. The third kappa shape index (κ3) is 3.02. The fourth-order valence-corrected chi connectivity index (χ4v) is 2.05. The van der Waals surface area contributed by atoms with Crippen LogP contribution in [-0.4, -0.2) is 5.91 Å². The zero-order valence-corrected chi connectivity index (χ0v) is 11.1. The fraction of sp³-hybridized carbons (Fsp3) is 0.188. The maximum absolute atomic E-state index is 13.6. The topological polar surface area (TPSA) is 29.1 Å². The van der Waals surface area contributed by atoms with Crippen LogP contribution < -0.4 is 5.32 Å². The maximum Gasteiger partial charge on any atom is 0.257 e. The van der Waals surface area contributed by atoms with E-state index in [2.05, 4.69) is 5.32 Å². The Kier molecular flexibility index (Phi) is 4.45. The van der Waals surface area contributed by atoms with Gasteiger partial charge in [0, 0.05) is 0 Å². The summed E-state index contributed by atoms with van der Waals surface area (Å²) in [5.41, 5.74) is 0.363. The highest BCUT2D eigenvalue weighted by Gasteiger charge is 2.20. The van der Waals surface area contributed by atoms with Gasteiger partial charge in [-0.3, -0.25) is 4.79 Å². The lowest BCUT2D eigenvalue weighted by Gasteiger charge is -2.17. The Hall–Kier alpha value is -2.23. The van der Waals surface area contributed by atoms with Crippen LogP contribution in [0.3, 0.4) is 0 Å². The van der Waals surface area contributed by atoms with Crippen molar-refractivity contribution in [1.82, 2.24) is 5.32 Å². The van der Waals surface area contributed by atoms with E-state index in [9.17, 15) is 13.6 Å². The lowest BCUT2D eigenvalue weighted by molar-refractivity contribution is 0.0927. The van der Waals surface area contributed by atoms with Crippen LogP contribution in [-0.2, 0) is 0 Å². The maximum atomic E-state index is 13.6. The van der Waals surface area contributed by atoms with Crippen molar-refractivity contribution in [2.75, 3.05) is 0 Å². The quantitative estimate of drug-likeness (QED) is 0.902. The van der Waals surface area contributed by atoms with Crippen molar-refractivity contribution in [3.63, 3.8) is 0 Å². The molecule has 104 valence electrons. The Balaban J connectivity index is 2.22. The van der Waals surface area contributed by atoms with E-state index < -0.39 is 23.1 Å². The molecule has 1 N–H and O–H groups in total. The van der Waals surface area contributed by atoms with Crippen LogP contribution in [0, 0.1) is 11.6 Å². The van der Waals surface area contributed by atoms with Crippen molar-refractivity contribution in [1.29, 1.82) is 0 Å².